The van der Waals surface area contributed by atoms with Gasteiger partial charge in [-0.2, -0.15) is 0 Å². The number of anilines is 1. The average Bonchev–Trinajstić information content (AvgIpc) is 2.79. The van der Waals surface area contributed by atoms with Crippen LogP contribution in [-0.2, 0) is 16.6 Å². The van der Waals surface area contributed by atoms with E-state index in [4.69, 9.17) is 25.8 Å². The van der Waals surface area contributed by atoms with Crippen LogP contribution in [0.25, 0.3) is 0 Å². The van der Waals surface area contributed by atoms with Gasteiger partial charge in [-0.3, -0.25) is 14.4 Å². The molecular formula is C22H28ClN3O6S. The number of nitrogens with one attached hydrogen (secondary N) is 1. The molecule has 0 spiro atoms. The Hall–Kier alpha value is -2.69. The zero-order valence-electron chi connectivity index (χ0n) is 19.1. The minimum Gasteiger partial charge on any atom is -0.493 e. The van der Waals surface area contributed by atoms with Gasteiger partial charge in [0.05, 0.1) is 38.3 Å². The van der Waals surface area contributed by atoms with Crippen LogP contribution in [0.5, 0.6) is 17.2 Å². The van der Waals surface area contributed by atoms with Crippen LogP contribution in [0.1, 0.15) is 15.9 Å². The number of hydrogen-bond donors (Lipinski definition) is 1. The summed E-state index contributed by atoms with van der Waals surface area (Å²) in [5.74, 6) is 1.60. The molecule has 0 radical (unpaired) electrons. The molecule has 1 heterocycles. The standard InChI is InChI=1S/C22H28ClN3O6S/c1-30-19-8-6-16(20(31-2)21(19)32-3)14-25-9-11-26(12-10-25)22(27)15-5-7-17(23)18(13-15)24-33(4,28)29/h5-8,13,24H,9-12,14H2,1-4H3. The maximum Gasteiger partial charge on any atom is 0.254 e. The summed E-state index contributed by atoms with van der Waals surface area (Å²) in [6, 6.07) is 8.37. The number of piperazine rings is 1. The van der Waals surface area contributed by atoms with Crippen LogP contribution in [0.3, 0.4) is 0 Å². The summed E-state index contributed by atoms with van der Waals surface area (Å²) >= 11 is 6.07. The van der Waals surface area contributed by atoms with Crippen LogP contribution in [0.15, 0.2) is 30.3 Å². The SMILES string of the molecule is COc1ccc(CN2CCN(C(=O)c3ccc(Cl)c(NS(C)(=O)=O)c3)CC2)c(OC)c1OC. The molecule has 1 aliphatic rings. The van der Waals surface area contributed by atoms with Gasteiger partial charge in [0.25, 0.3) is 5.91 Å². The van der Waals surface area contributed by atoms with E-state index in [0.717, 1.165) is 11.8 Å². The van der Waals surface area contributed by atoms with Gasteiger partial charge in [0.15, 0.2) is 11.5 Å². The molecule has 0 aliphatic carbocycles. The molecule has 1 amide bonds. The second-order valence-corrected chi connectivity index (χ2v) is 9.79. The predicted molar refractivity (Wildman–Crippen MR) is 127 cm³/mol. The normalized spacial score (nSPS) is 14.6. The lowest BCUT2D eigenvalue weighted by Crippen LogP contribution is -2.48. The van der Waals surface area contributed by atoms with Gasteiger partial charge in [0.1, 0.15) is 0 Å². The van der Waals surface area contributed by atoms with Crippen molar-refractivity contribution in [3.05, 3.63) is 46.5 Å². The number of hydrogen-bond acceptors (Lipinski definition) is 7. The number of rotatable bonds is 8. The largest absolute Gasteiger partial charge is 0.493 e. The Bertz CT molecular complexity index is 1120. The summed E-state index contributed by atoms with van der Waals surface area (Å²) < 4.78 is 41.8. The first-order chi connectivity index (χ1) is 15.7. The zero-order valence-corrected chi connectivity index (χ0v) is 20.6. The van der Waals surface area contributed by atoms with Gasteiger partial charge in [-0.25, -0.2) is 8.42 Å². The number of nitrogens with zero attached hydrogens (tertiary/aromatic N) is 2. The molecule has 0 unspecified atom stereocenters. The van der Waals surface area contributed by atoms with Gasteiger partial charge in [-0.1, -0.05) is 17.7 Å². The van der Waals surface area contributed by atoms with E-state index >= 15 is 0 Å². The molecule has 33 heavy (non-hydrogen) atoms. The van der Waals surface area contributed by atoms with Crippen molar-refractivity contribution in [1.29, 1.82) is 0 Å². The van der Waals surface area contributed by atoms with Crippen LogP contribution in [0.2, 0.25) is 5.02 Å². The fraction of sp³-hybridized carbons (Fsp3) is 0.409. The first-order valence-electron chi connectivity index (χ1n) is 10.2. The van der Waals surface area contributed by atoms with Gasteiger partial charge in [0.2, 0.25) is 15.8 Å². The molecule has 0 aromatic heterocycles. The summed E-state index contributed by atoms with van der Waals surface area (Å²) in [6.07, 6.45) is 1.03. The highest BCUT2D eigenvalue weighted by Crippen LogP contribution is 2.40. The van der Waals surface area contributed by atoms with Crippen molar-refractivity contribution in [3.63, 3.8) is 0 Å². The third kappa shape index (κ3) is 6.01. The topological polar surface area (TPSA) is 97.4 Å². The molecule has 1 aliphatic heterocycles. The molecule has 0 bridgehead atoms. The van der Waals surface area contributed by atoms with Gasteiger partial charge in [-0.05, 0) is 24.3 Å². The molecule has 3 rings (SSSR count). The Labute approximate surface area is 199 Å². The summed E-state index contributed by atoms with van der Waals surface area (Å²) in [4.78, 5) is 17.0. The Morgan fingerprint density at radius 1 is 1.00 bits per heavy atom. The fourth-order valence-corrected chi connectivity index (χ4v) is 4.55. The number of halogens is 1. The Morgan fingerprint density at radius 3 is 2.24 bits per heavy atom. The minimum atomic E-state index is -3.51. The van der Waals surface area contributed by atoms with E-state index in [1.807, 2.05) is 12.1 Å². The van der Waals surface area contributed by atoms with Gasteiger partial charge < -0.3 is 19.1 Å². The molecule has 9 nitrogen and oxygen atoms in total. The first-order valence-corrected chi connectivity index (χ1v) is 12.5. The first kappa shape index (κ1) is 24.9. The van der Waals surface area contributed by atoms with Crippen LogP contribution in [-0.4, -0.2) is 77.9 Å². The van der Waals surface area contributed by atoms with Gasteiger partial charge in [0, 0.05) is 43.9 Å². The maximum atomic E-state index is 13.0. The Balaban J connectivity index is 1.67. The van der Waals surface area contributed by atoms with Crippen molar-refractivity contribution in [1.82, 2.24) is 9.80 Å². The van der Waals surface area contributed by atoms with E-state index in [0.29, 0.717) is 55.5 Å². The number of ether oxygens (including phenoxy) is 3. The molecular weight excluding hydrogens is 470 g/mol. The lowest BCUT2D eigenvalue weighted by molar-refractivity contribution is 0.0627. The summed E-state index contributed by atoms with van der Waals surface area (Å²) in [5, 5.41) is 0.227. The quantitative estimate of drug-likeness (QED) is 0.598. The van der Waals surface area contributed by atoms with Crippen molar-refractivity contribution in [2.45, 2.75) is 6.54 Å². The van der Waals surface area contributed by atoms with E-state index in [9.17, 15) is 13.2 Å². The van der Waals surface area contributed by atoms with E-state index in [2.05, 4.69) is 9.62 Å². The highest BCUT2D eigenvalue weighted by atomic mass is 35.5. The zero-order chi connectivity index (χ0) is 24.2. The lowest BCUT2D eigenvalue weighted by atomic mass is 10.1. The third-order valence-electron chi connectivity index (χ3n) is 5.35. The molecule has 2 aromatic rings. The summed E-state index contributed by atoms with van der Waals surface area (Å²) in [5.41, 5.74) is 1.52. The molecule has 180 valence electrons. The smallest absolute Gasteiger partial charge is 0.254 e. The molecule has 2 aromatic carbocycles. The highest BCUT2D eigenvalue weighted by Gasteiger charge is 2.25. The van der Waals surface area contributed by atoms with Gasteiger partial charge >= 0.3 is 0 Å². The van der Waals surface area contributed by atoms with Crippen molar-refractivity contribution in [2.24, 2.45) is 0 Å². The van der Waals surface area contributed by atoms with Crippen LogP contribution >= 0.6 is 11.6 Å². The fourth-order valence-electron chi connectivity index (χ4n) is 3.76. The Morgan fingerprint density at radius 2 is 1.67 bits per heavy atom. The van der Waals surface area contributed by atoms with E-state index in [1.54, 1.807) is 32.3 Å². The number of carbonyl (C=O) groups is 1. The molecule has 1 saturated heterocycles. The van der Waals surface area contributed by atoms with Crippen molar-refractivity contribution in [2.75, 3.05) is 58.5 Å². The number of sulfonamides is 1. The van der Waals surface area contributed by atoms with Crippen molar-refractivity contribution in [3.8, 4) is 17.2 Å². The van der Waals surface area contributed by atoms with Crippen LogP contribution in [0, 0.1) is 0 Å². The lowest BCUT2D eigenvalue weighted by Gasteiger charge is -2.35. The summed E-state index contributed by atoms with van der Waals surface area (Å²) in [7, 11) is 1.23. The predicted octanol–water partition coefficient (Wildman–Crippen LogP) is 2.70. The minimum absolute atomic E-state index is 0.174. The Kier molecular flexibility index (Phi) is 7.93. The maximum absolute atomic E-state index is 13.0. The number of benzene rings is 2. The van der Waals surface area contributed by atoms with E-state index < -0.39 is 10.0 Å². The van der Waals surface area contributed by atoms with Crippen molar-refractivity contribution < 1.29 is 27.4 Å². The molecule has 1 fully saturated rings. The van der Waals surface area contributed by atoms with Crippen molar-refractivity contribution >= 4 is 33.2 Å². The second-order valence-electron chi connectivity index (χ2n) is 7.63. The second kappa shape index (κ2) is 10.5. The number of methoxy groups -OCH3 is 3. The third-order valence-corrected chi connectivity index (χ3v) is 6.27. The molecule has 0 saturated carbocycles. The highest BCUT2D eigenvalue weighted by molar-refractivity contribution is 7.92. The summed E-state index contributed by atoms with van der Waals surface area (Å²) in [6.45, 7) is 3.04. The van der Waals surface area contributed by atoms with E-state index in [1.165, 1.54) is 12.1 Å². The molecule has 11 heteroatoms. The number of carbonyl (C=O) groups excluding carboxylic acids is 1. The van der Waals surface area contributed by atoms with Crippen LogP contribution in [0.4, 0.5) is 5.69 Å². The van der Waals surface area contributed by atoms with Crippen LogP contribution < -0.4 is 18.9 Å². The molecule has 1 N–H and O–H groups in total. The molecule has 0 atom stereocenters. The number of amides is 1. The van der Waals surface area contributed by atoms with Gasteiger partial charge in [-0.15, -0.1) is 0 Å². The average molecular weight is 498 g/mol. The monoisotopic (exact) mass is 497 g/mol. The van der Waals surface area contributed by atoms with E-state index in [-0.39, 0.29) is 16.6 Å².